The second kappa shape index (κ2) is 3.86. The Kier molecular flexibility index (Phi) is 2.98. The van der Waals surface area contributed by atoms with Crippen LogP contribution in [0.5, 0.6) is 0 Å². The van der Waals surface area contributed by atoms with Gasteiger partial charge in [0.25, 0.3) is 0 Å². The number of hydrogen-bond donors (Lipinski definition) is 0. The SMILES string of the molecule is CC(=O)CCc1ccc(C(F)(F)F)o1. The number of halogens is 3. The van der Waals surface area contributed by atoms with Gasteiger partial charge in [-0.3, -0.25) is 0 Å². The van der Waals surface area contributed by atoms with E-state index < -0.39 is 11.9 Å². The van der Waals surface area contributed by atoms with Gasteiger partial charge in [-0.15, -0.1) is 0 Å². The summed E-state index contributed by atoms with van der Waals surface area (Å²) in [5.41, 5.74) is 0. The van der Waals surface area contributed by atoms with E-state index >= 15 is 0 Å². The third-order valence-corrected chi connectivity index (χ3v) is 1.66. The smallest absolute Gasteiger partial charge is 0.449 e. The highest BCUT2D eigenvalue weighted by atomic mass is 19.4. The number of ketones is 1. The predicted octanol–water partition coefficient (Wildman–Crippen LogP) is 2.82. The average Bonchev–Trinajstić information content (AvgIpc) is 2.47. The first kappa shape index (κ1) is 10.8. The molecule has 0 saturated carbocycles. The summed E-state index contributed by atoms with van der Waals surface area (Å²) in [5, 5.41) is 0. The molecule has 0 radical (unpaired) electrons. The fraction of sp³-hybridized carbons (Fsp3) is 0.444. The van der Waals surface area contributed by atoms with Crippen molar-refractivity contribution >= 4 is 5.78 Å². The normalized spacial score (nSPS) is 11.7. The van der Waals surface area contributed by atoms with E-state index in [4.69, 9.17) is 0 Å². The van der Waals surface area contributed by atoms with Crippen LogP contribution in [-0.4, -0.2) is 5.78 Å². The Labute approximate surface area is 78.7 Å². The minimum atomic E-state index is -4.45. The van der Waals surface area contributed by atoms with Crippen molar-refractivity contribution in [1.29, 1.82) is 0 Å². The molecule has 0 fully saturated rings. The number of hydrogen-bond acceptors (Lipinski definition) is 2. The van der Waals surface area contributed by atoms with Crippen LogP contribution in [0.2, 0.25) is 0 Å². The molecule has 0 aliphatic carbocycles. The Morgan fingerprint density at radius 2 is 2.07 bits per heavy atom. The topological polar surface area (TPSA) is 30.2 Å². The monoisotopic (exact) mass is 206 g/mol. The van der Waals surface area contributed by atoms with Gasteiger partial charge in [-0.1, -0.05) is 0 Å². The first-order valence-corrected chi connectivity index (χ1v) is 4.05. The highest BCUT2D eigenvalue weighted by Crippen LogP contribution is 2.30. The van der Waals surface area contributed by atoms with Gasteiger partial charge in [0.05, 0.1) is 0 Å². The van der Waals surface area contributed by atoms with Crippen LogP contribution in [0.15, 0.2) is 16.5 Å². The zero-order valence-corrected chi connectivity index (χ0v) is 7.52. The molecule has 1 rings (SSSR count). The molecule has 0 atom stereocenters. The Morgan fingerprint density at radius 1 is 1.43 bits per heavy atom. The molecule has 0 amide bonds. The summed E-state index contributed by atoms with van der Waals surface area (Å²) in [6.07, 6.45) is -4.04. The molecule has 78 valence electrons. The molecule has 0 aliphatic rings. The molecular formula is C9H9F3O2. The van der Waals surface area contributed by atoms with E-state index in [0.29, 0.717) is 0 Å². The summed E-state index contributed by atoms with van der Waals surface area (Å²) in [6.45, 7) is 1.38. The van der Waals surface area contributed by atoms with Crippen molar-refractivity contribution in [3.05, 3.63) is 23.7 Å². The summed E-state index contributed by atoms with van der Waals surface area (Å²) in [4.78, 5) is 10.6. The summed E-state index contributed by atoms with van der Waals surface area (Å²) < 4.78 is 40.6. The highest BCUT2D eigenvalue weighted by molar-refractivity contribution is 5.75. The lowest BCUT2D eigenvalue weighted by molar-refractivity contribution is -0.153. The van der Waals surface area contributed by atoms with Gasteiger partial charge in [-0.25, -0.2) is 0 Å². The number of aryl methyl sites for hydroxylation is 1. The first-order valence-electron chi connectivity index (χ1n) is 4.05. The van der Waals surface area contributed by atoms with Crippen LogP contribution in [0.25, 0.3) is 0 Å². The Bertz CT molecular complexity index is 325. The van der Waals surface area contributed by atoms with E-state index in [-0.39, 0.29) is 24.4 Å². The molecule has 1 aromatic rings. The van der Waals surface area contributed by atoms with Gasteiger partial charge in [-0.2, -0.15) is 13.2 Å². The molecular weight excluding hydrogens is 197 g/mol. The molecule has 0 aliphatic heterocycles. The fourth-order valence-corrected chi connectivity index (χ4v) is 0.964. The lowest BCUT2D eigenvalue weighted by atomic mass is 10.2. The molecule has 5 heteroatoms. The van der Waals surface area contributed by atoms with E-state index in [0.717, 1.165) is 6.07 Å². The van der Waals surface area contributed by atoms with Crippen LogP contribution in [0, 0.1) is 0 Å². The number of alkyl halides is 3. The van der Waals surface area contributed by atoms with Gasteiger partial charge in [0, 0.05) is 12.8 Å². The van der Waals surface area contributed by atoms with E-state index in [1.54, 1.807) is 0 Å². The van der Waals surface area contributed by atoms with Gasteiger partial charge in [0.2, 0.25) is 5.76 Å². The quantitative estimate of drug-likeness (QED) is 0.761. The van der Waals surface area contributed by atoms with Crippen molar-refractivity contribution in [1.82, 2.24) is 0 Å². The van der Waals surface area contributed by atoms with Gasteiger partial charge in [0.15, 0.2) is 0 Å². The summed E-state index contributed by atoms with van der Waals surface area (Å²) in [6, 6.07) is 2.11. The van der Waals surface area contributed by atoms with Gasteiger partial charge in [0.1, 0.15) is 11.5 Å². The van der Waals surface area contributed by atoms with Crippen molar-refractivity contribution in [3.8, 4) is 0 Å². The number of carbonyl (C=O) groups excluding carboxylic acids is 1. The minimum absolute atomic E-state index is 0.0741. The molecule has 1 aromatic heterocycles. The largest absolute Gasteiger partial charge is 0.457 e. The van der Waals surface area contributed by atoms with Crippen molar-refractivity contribution in [2.75, 3.05) is 0 Å². The zero-order valence-electron chi connectivity index (χ0n) is 7.52. The predicted molar refractivity (Wildman–Crippen MR) is 42.7 cm³/mol. The molecule has 0 N–H and O–H groups in total. The number of carbonyl (C=O) groups is 1. The molecule has 1 heterocycles. The zero-order chi connectivity index (χ0) is 10.8. The molecule has 0 spiro atoms. The molecule has 14 heavy (non-hydrogen) atoms. The molecule has 0 unspecified atom stereocenters. The van der Waals surface area contributed by atoms with Gasteiger partial charge < -0.3 is 9.21 Å². The van der Waals surface area contributed by atoms with Crippen LogP contribution < -0.4 is 0 Å². The second-order valence-corrected chi connectivity index (χ2v) is 2.97. The van der Waals surface area contributed by atoms with Gasteiger partial charge >= 0.3 is 6.18 Å². The standard InChI is InChI=1S/C9H9F3O2/c1-6(13)2-3-7-4-5-8(14-7)9(10,11)12/h4-5H,2-3H2,1H3. The van der Waals surface area contributed by atoms with Crippen molar-refractivity contribution in [2.24, 2.45) is 0 Å². The summed E-state index contributed by atoms with van der Waals surface area (Å²) >= 11 is 0. The summed E-state index contributed by atoms with van der Waals surface area (Å²) in [5.74, 6) is -0.904. The average molecular weight is 206 g/mol. The number of rotatable bonds is 3. The lowest BCUT2D eigenvalue weighted by Gasteiger charge is -2.00. The third-order valence-electron chi connectivity index (χ3n) is 1.66. The van der Waals surface area contributed by atoms with Crippen LogP contribution in [0.3, 0.4) is 0 Å². The van der Waals surface area contributed by atoms with Gasteiger partial charge in [-0.05, 0) is 19.1 Å². The summed E-state index contributed by atoms with van der Waals surface area (Å²) in [7, 11) is 0. The van der Waals surface area contributed by atoms with E-state index in [9.17, 15) is 18.0 Å². The van der Waals surface area contributed by atoms with E-state index in [1.165, 1.54) is 13.0 Å². The van der Waals surface area contributed by atoms with Crippen LogP contribution in [0.1, 0.15) is 24.9 Å². The molecule has 0 aromatic carbocycles. The van der Waals surface area contributed by atoms with E-state index in [1.807, 2.05) is 0 Å². The Balaban J connectivity index is 2.64. The Morgan fingerprint density at radius 3 is 2.50 bits per heavy atom. The third kappa shape index (κ3) is 2.90. The second-order valence-electron chi connectivity index (χ2n) is 2.97. The maximum Gasteiger partial charge on any atom is 0.449 e. The van der Waals surface area contributed by atoms with Crippen molar-refractivity contribution < 1.29 is 22.4 Å². The number of furan rings is 1. The van der Waals surface area contributed by atoms with Crippen molar-refractivity contribution in [3.63, 3.8) is 0 Å². The lowest BCUT2D eigenvalue weighted by Crippen LogP contribution is -2.02. The molecule has 2 nitrogen and oxygen atoms in total. The molecule has 0 bridgehead atoms. The number of Topliss-reactive ketones (excluding diaryl/α,β-unsaturated/α-hetero) is 1. The first-order chi connectivity index (χ1) is 6.39. The maximum absolute atomic E-state index is 12.0. The minimum Gasteiger partial charge on any atom is -0.457 e. The Hall–Kier alpha value is -1.26. The van der Waals surface area contributed by atoms with Crippen molar-refractivity contribution in [2.45, 2.75) is 25.9 Å². The fourth-order valence-electron chi connectivity index (χ4n) is 0.964. The van der Waals surface area contributed by atoms with Crippen LogP contribution in [0.4, 0.5) is 13.2 Å². The highest BCUT2D eigenvalue weighted by Gasteiger charge is 2.34. The van der Waals surface area contributed by atoms with Crippen LogP contribution >= 0.6 is 0 Å². The molecule has 0 saturated heterocycles. The maximum atomic E-state index is 12.0. The van der Waals surface area contributed by atoms with E-state index in [2.05, 4.69) is 4.42 Å². The van der Waals surface area contributed by atoms with Crippen LogP contribution in [-0.2, 0) is 17.4 Å².